The third-order valence-corrected chi connectivity index (χ3v) is 3.38. The number of nitrogens with zero attached hydrogens (tertiary/aromatic N) is 1. The standard InChI is InChI=1S/C14H27NO2/c1-11(8-14(2,3)4)7-13(17)15-6-5-12(9-15)10-16/h11-12,16H,5-10H2,1-4H3. The molecule has 0 aromatic carbocycles. The fraction of sp³-hybridized carbons (Fsp3) is 0.929. The van der Waals surface area contributed by atoms with Crippen LogP contribution in [0.15, 0.2) is 0 Å². The smallest absolute Gasteiger partial charge is 0.222 e. The number of hydrogen-bond acceptors (Lipinski definition) is 2. The lowest BCUT2D eigenvalue weighted by Crippen LogP contribution is -2.30. The van der Waals surface area contributed by atoms with Gasteiger partial charge in [0.15, 0.2) is 0 Å². The highest BCUT2D eigenvalue weighted by Gasteiger charge is 2.27. The summed E-state index contributed by atoms with van der Waals surface area (Å²) in [6.45, 7) is 10.6. The predicted molar refractivity (Wildman–Crippen MR) is 69.6 cm³/mol. The molecule has 2 unspecified atom stereocenters. The van der Waals surface area contributed by atoms with E-state index in [0.29, 0.717) is 23.7 Å². The summed E-state index contributed by atoms with van der Waals surface area (Å²) in [5, 5.41) is 9.06. The Morgan fingerprint density at radius 3 is 2.59 bits per heavy atom. The summed E-state index contributed by atoms with van der Waals surface area (Å²) in [5.74, 6) is 1.00. The van der Waals surface area contributed by atoms with Crippen LogP contribution in [0.2, 0.25) is 0 Å². The molecule has 0 aliphatic carbocycles. The maximum absolute atomic E-state index is 12.0. The number of aliphatic hydroxyl groups is 1. The summed E-state index contributed by atoms with van der Waals surface area (Å²) in [4.78, 5) is 14.0. The minimum absolute atomic E-state index is 0.210. The molecule has 0 bridgehead atoms. The van der Waals surface area contributed by atoms with Gasteiger partial charge in [-0.25, -0.2) is 0 Å². The lowest BCUT2D eigenvalue weighted by molar-refractivity contribution is -0.131. The number of rotatable bonds is 4. The Morgan fingerprint density at radius 1 is 1.47 bits per heavy atom. The Morgan fingerprint density at radius 2 is 2.12 bits per heavy atom. The van der Waals surface area contributed by atoms with E-state index in [1.807, 2.05) is 4.90 Å². The molecule has 17 heavy (non-hydrogen) atoms. The highest BCUT2D eigenvalue weighted by Crippen LogP contribution is 2.27. The van der Waals surface area contributed by atoms with E-state index in [1.165, 1.54) is 0 Å². The molecule has 0 spiro atoms. The molecule has 3 heteroatoms. The second kappa shape index (κ2) is 5.85. The van der Waals surface area contributed by atoms with Crippen LogP contribution in [0.5, 0.6) is 0 Å². The molecule has 1 aliphatic heterocycles. The number of aliphatic hydroxyl groups excluding tert-OH is 1. The zero-order valence-corrected chi connectivity index (χ0v) is 11.7. The maximum atomic E-state index is 12.0. The average Bonchev–Trinajstić information content (AvgIpc) is 2.62. The zero-order valence-electron chi connectivity index (χ0n) is 11.7. The number of hydrogen-bond donors (Lipinski definition) is 1. The van der Waals surface area contributed by atoms with E-state index in [9.17, 15) is 4.79 Å². The van der Waals surface area contributed by atoms with Crippen molar-refractivity contribution >= 4 is 5.91 Å². The highest BCUT2D eigenvalue weighted by molar-refractivity contribution is 5.76. The molecule has 1 saturated heterocycles. The summed E-state index contributed by atoms with van der Waals surface area (Å²) < 4.78 is 0. The first-order chi connectivity index (χ1) is 7.81. The van der Waals surface area contributed by atoms with Crippen LogP contribution in [-0.4, -0.2) is 35.6 Å². The highest BCUT2D eigenvalue weighted by atomic mass is 16.3. The SMILES string of the molecule is CC(CC(=O)N1CCC(CO)C1)CC(C)(C)C. The summed E-state index contributed by atoms with van der Waals surface area (Å²) in [7, 11) is 0. The molecule has 1 N–H and O–H groups in total. The Balaban J connectivity index is 2.34. The van der Waals surface area contributed by atoms with Gasteiger partial charge in [0, 0.05) is 32.0 Å². The number of carbonyl (C=O) groups is 1. The molecule has 1 amide bonds. The van der Waals surface area contributed by atoms with E-state index in [1.54, 1.807) is 0 Å². The average molecular weight is 241 g/mol. The second-order valence-electron chi connectivity index (χ2n) is 6.75. The molecular weight excluding hydrogens is 214 g/mol. The first kappa shape index (κ1) is 14.5. The minimum Gasteiger partial charge on any atom is -0.396 e. The van der Waals surface area contributed by atoms with Gasteiger partial charge in [-0.15, -0.1) is 0 Å². The largest absolute Gasteiger partial charge is 0.396 e. The Bertz CT molecular complexity index is 257. The lowest BCUT2D eigenvalue weighted by Gasteiger charge is -2.24. The Hall–Kier alpha value is -0.570. The van der Waals surface area contributed by atoms with E-state index in [2.05, 4.69) is 27.7 Å². The van der Waals surface area contributed by atoms with Crippen LogP contribution in [0.25, 0.3) is 0 Å². The molecule has 1 rings (SSSR count). The van der Waals surface area contributed by atoms with Crippen molar-refractivity contribution in [1.82, 2.24) is 4.90 Å². The molecule has 0 radical (unpaired) electrons. The quantitative estimate of drug-likeness (QED) is 0.820. The summed E-state index contributed by atoms with van der Waals surface area (Å²) in [6, 6.07) is 0. The van der Waals surface area contributed by atoms with Crippen molar-refractivity contribution in [3.63, 3.8) is 0 Å². The molecule has 2 atom stereocenters. The molecule has 1 heterocycles. The van der Waals surface area contributed by atoms with Crippen molar-refractivity contribution in [3.05, 3.63) is 0 Å². The van der Waals surface area contributed by atoms with Gasteiger partial charge in [0.05, 0.1) is 0 Å². The fourth-order valence-electron chi connectivity index (χ4n) is 2.75. The fourth-order valence-corrected chi connectivity index (χ4v) is 2.75. The van der Waals surface area contributed by atoms with Gasteiger partial charge in [0.25, 0.3) is 0 Å². The number of likely N-dealkylation sites (tertiary alicyclic amines) is 1. The van der Waals surface area contributed by atoms with E-state index >= 15 is 0 Å². The van der Waals surface area contributed by atoms with Gasteiger partial charge in [0.1, 0.15) is 0 Å². The van der Waals surface area contributed by atoms with Crippen molar-refractivity contribution in [2.24, 2.45) is 17.3 Å². The molecule has 3 nitrogen and oxygen atoms in total. The topological polar surface area (TPSA) is 40.5 Å². The van der Waals surface area contributed by atoms with Gasteiger partial charge < -0.3 is 10.0 Å². The second-order valence-corrected chi connectivity index (χ2v) is 6.75. The van der Waals surface area contributed by atoms with E-state index < -0.39 is 0 Å². The molecular formula is C14H27NO2. The Kier molecular flexibility index (Phi) is 4.99. The van der Waals surface area contributed by atoms with Gasteiger partial charge in [-0.3, -0.25) is 4.79 Å². The predicted octanol–water partition coefficient (Wildman–Crippen LogP) is 2.29. The molecule has 0 aromatic heterocycles. The van der Waals surface area contributed by atoms with Gasteiger partial charge in [-0.2, -0.15) is 0 Å². The molecule has 0 saturated carbocycles. The Labute approximate surface area is 105 Å². The van der Waals surface area contributed by atoms with Crippen LogP contribution in [0.1, 0.15) is 47.0 Å². The third-order valence-electron chi connectivity index (χ3n) is 3.38. The van der Waals surface area contributed by atoms with Crippen LogP contribution in [-0.2, 0) is 4.79 Å². The summed E-state index contributed by atoms with van der Waals surface area (Å²) >= 11 is 0. The van der Waals surface area contributed by atoms with Gasteiger partial charge in [-0.05, 0) is 24.2 Å². The van der Waals surface area contributed by atoms with Gasteiger partial charge in [-0.1, -0.05) is 27.7 Å². The maximum Gasteiger partial charge on any atom is 0.222 e. The van der Waals surface area contributed by atoms with E-state index in [-0.39, 0.29) is 12.5 Å². The summed E-state index contributed by atoms with van der Waals surface area (Å²) in [5.41, 5.74) is 0.290. The lowest BCUT2D eigenvalue weighted by atomic mass is 9.84. The zero-order chi connectivity index (χ0) is 13.1. The van der Waals surface area contributed by atoms with Crippen molar-refractivity contribution in [1.29, 1.82) is 0 Å². The first-order valence-electron chi connectivity index (χ1n) is 6.70. The molecule has 1 aliphatic rings. The van der Waals surface area contributed by atoms with Crippen LogP contribution in [0.3, 0.4) is 0 Å². The number of carbonyl (C=O) groups excluding carboxylic acids is 1. The van der Waals surface area contributed by atoms with Crippen molar-refractivity contribution < 1.29 is 9.90 Å². The molecule has 0 aromatic rings. The van der Waals surface area contributed by atoms with Crippen molar-refractivity contribution in [3.8, 4) is 0 Å². The first-order valence-corrected chi connectivity index (χ1v) is 6.70. The van der Waals surface area contributed by atoms with Crippen LogP contribution in [0.4, 0.5) is 0 Å². The number of amides is 1. The minimum atomic E-state index is 0.210. The summed E-state index contributed by atoms with van der Waals surface area (Å²) in [6.07, 6.45) is 2.68. The van der Waals surface area contributed by atoms with E-state index in [4.69, 9.17) is 5.11 Å². The normalized spacial score (nSPS) is 22.9. The van der Waals surface area contributed by atoms with Crippen molar-refractivity contribution in [2.45, 2.75) is 47.0 Å². The van der Waals surface area contributed by atoms with E-state index in [0.717, 1.165) is 25.9 Å². The molecule has 100 valence electrons. The monoisotopic (exact) mass is 241 g/mol. The van der Waals surface area contributed by atoms with Gasteiger partial charge in [0.2, 0.25) is 5.91 Å². The van der Waals surface area contributed by atoms with Gasteiger partial charge >= 0.3 is 0 Å². The van der Waals surface area contributed by atoms with Crippen molar-refractivity contribution in [2.75, 3.05) is 19.7 Å². The van der Waals surface area contributed by atoms with Crippen LogP contribution in [0, 0.1) is 17.3 Å². The van der Waals surface area contributed by atoms with Crippen LogP contribution >= 0.6 is 0 Å². The molecule has 1 fully saturated rings. The van der Waals surface area contributed by atoms with Crippen LogP contribution < -0.4 is 0 Å². The third kappa shape index (κ3) is 5.07.